The van der Waals surface area contributed by atoms with Crippen LogP contribution in [0.2, 0.25) is 0 Å². The monoisotopic (exact) mass is 268 g/mol. The lowest BCUT2D eigenvalue weighted by Crippen LogP contribution is -2.32. The molecule has 1 amide bonds. The summed E-state index contributed by atoms with van der Waals surface area (Å²) in [4.78, 5) is 15.6. The molecule has 0 radical (unpaired) electrons. The Morgan fingerprint density at radius 3 is 2.63 bits per heavy atom. The van der Waals surface area contributed by atoms with Crippen molar-refractivity contribution in [3.8, 4) is 0 Å². The molecule has 2 rings (SSSR count). The second kappa shape index (κ2) is 4.87. The lowest BCUT2D eigenvalue weighted by Gasteiger charge is -2.15. The van der Waals surface area contributed by atoms with Crippen LogP contribution in [0.25, 0.3) is 10.9 Å². The Kier molecular flexibility index (Phi) is 3.42. The van der Waals surface area contributed by atoms with Crippen molar-refractivity contribution < 1.29 is 18.0 Å². The fourth-order valence-electron chi connectivity index (χ4n) is 1.59. The van der Waals surface area contributed by atoms with Crippen molar-refractivity contribution >= 4 is 22.5 Å². The molecule has 1 heterocycles. The standard InChI is InChI=1S/C13H11F3N2O/c1-8(13(14,15)16)12(19)18-10-6-2-4-9-5-3-7-17-11(9)10/h2-8H,1H3,(H,18,19). The Hall–Kier alpha value is -2.11. The molecule has 0 spiro atoms. The minimum atomic E-state index is -4.55. The molecule has 2 aromatic rings. The SMILES string of the molecule is CC(C(=O)Nc1cccc2cccnc12)C(F)(F)F. The van der Waals surface area contributed by atoms with Gasteiger partial charge in [-0.1, -0.05) is 18.2 Å². The maximum absolute atomic E-state index is 12.4. The number of carbonyl (C=O) groups excluding carboxylic acids is 1. The quantitative estimate of drug-likeness (QED) is 0.907. The summed E-state index contributed by atoms with van der Waals surface area (Å²) in [5.74, 6) is -3.16. The first-order valence-electron chi connectivity index (χ1n) is 5.61. The Bertz CT molecular complexity index is 605. The van der Waals surface area contributed by atoms with Crippen LogP contribution in [0.1, 0.15) is 6.92 Å². The second-order valence-corrected chi connectivity index (χ2v) is 4.13. The summed E-state index contributed by atoms with van der Waals surface area (Å²) in [6, 6.07) is 8.43. The number of amides is 1. The van der Waals surface area contributed by atoms with Gasteiger partial charge in [-0.05, 0) is 19.1 Å². The number of alkyl halides is 3. The number of para-hydroxylation sites is 1. The lowest BCUT2D eigenvalue weighted by atomic mass is 10.1. The highest BCUT2D eigenvalue weighted by atomic mass is 19.4. The molecule has 0 saturated heterocycles. The van der Waals surface area contributed by atoms with Crippen LogP contribution in [0.5, 0.6) is 0 Å². The molecule has 1 atom stereocenters. The van der Waals surface area contributed by atoms with E-state index in [0.29, 0.717) is 5.52 Å². The second-order valence-electron chi connectivity index (χ2n) is 4.13. The fourth-order valence-corrected chi connectivity index (χ4v) is 1.59. The molecule has 0 aliphatic carbocycles. The third-order valence-electron chi connectivity index (χ3n) is 2.77. The number of pyridine rings is 1. The van der Waals surface area contributed by atoms with Crippen LogP contribution >= 0.6 is 0 Å². The van der Waals surface area contributed by atoms with Crippen LogP contribution in [0.4, 0.5) is 18.9 Å². The molecule has 1 aromatic carbocycles. The van der Waals surface area contributed by atoms with Crippen molar-refractivity contribution in [3.05, 3.63) is 36.5 Å². The van der Waals surface area contributed by atoms with E-state index >= 15 is 0 Å². The molecule has 1 unspecified atom stereocenters. The van der Waals surface area contributed by atoms with Crippen molar-refractivity contribution in [2.75, 3.05) is 5.32 Å². The summed E-state index contributed by atoms with van der Waals surface area (Å²) in [5, 5.41) is 3.02. The van der Waals surface area contributed by atoms with E-state index in [-0.39, 0.29) is 5.69 Å². The van der Waals surface area contributed by atoms with Gasteiger partial charge in [0.2, 0.25) is 5.91 Å². The number of anilines is 1. The van der Waals surface area contributed by atoms with Crippen molar-refractivity contribution in [2.45, 2.75) is 13.1 Å². The van der Waals surface area contributed by atoms with Gasteiger partial charge in [-0.25, -0.2) is 0 Å². The van der Waals surface area contributed by atoms with Crippen molar-refractivity contribution in [1.29, 1.82) is 0 Å². The summed E-state index contributed by atoms with van der Waals surface area (Å²) in [6.45, 7) is 0.827. The summed E-state index contributed by atoms with van der Waals surface area (Å²) >= 11 is 0. The first-order chi connectivity index (χ1) is 8.89. The number of nitrogens with zero attached hydrogens (tertiary/aromatic N) is 1. The number of hydrogen-bond donors (Lipinski definition) is 1. The smallest absolute Gasteiger partial charge is 0.324 e. The van der Waals surface area contributed by atoms with Crippen LogP contribution in [0, 0.1) is 5.92 Å². The van der Waals surface area contributed by atoms with E-state index in [1.54, 1.807) is 24.3 Å². The maximum Gasteiger partial charge on any atom is 0.400 e. The Morgan fingerprint density at radius 1 is 1.26 bits per heavy atom. The minimum Gasteiger partial charge on any atom is -0.324 e. The van der Waals surface area contributed by atoms with Crippen LogP contribution in [-0.2, 0) is 4.79 Å². The van der Waals surface area contributed by atoms with Crippen molar-refractivity contribution in [3.63, 3.8) is 0 Å². The average Bonchev–Trinajstić information content (AvgIpc) is 2.37. The van der Waals surface area contributed by atoms with Gasteiger partial charge in [-0.15, -0.1) is 0 Å². The lowest BCUT2D eigenvalue weighted by molar-refractivity contribution is -0.175. The summed E-state index contributed by atoms with van der Waals surface area (Å²) in [5.41, 5.74) is 0.743. The predicted molar refractivity (Wildman–Crippen MR) is 65.6 cm³/mol. The van der Waals surface area contributed by atoms with Gasteiger partial charge in [0.1, 0.15) is 5.92 Å². The van der Waals surface area contributed by atoms with Gasteiger partial charge in [-0.2, -0.15) is 13.2 Å². The normalized spacial score (nSPS) is 13.3. The molecule has 0 fully saturated rings. The topological polar surface area (TPSA) is 42.0 Å². The number of halogens is 3. The van der Waals surface area contributed by atoms with E-state index in [9.17, 15) is 18.0 Å². The molecule has 1 aromatic heterocycles. The number of fused-ring (bicyclic) bond motifs is 1. The number of rotatable bonds is 2. The number of aromatic nitrogens is 1. The van der Waals surface area contributed by atoms with Crippen LogP contribution in [-0.4, -0.2) is 17.1 Å². The number of hydrogen-bond acceptors (Lipinski definition) is 2. The minimum absolute atomic E-state index is 0.277. The van der Waals surface area contributed by atoms with Gasteiger partial charge in [0.05, 0.1) is 11.2 Å². The van der Waals surface area contributed by atoms with Crippen LogP contribution in [0.3, 0.4) is 0 Å². The molecule has 0 aliphatic rings. The molecule has 1 N–H and O–H groups in total. The van der Waals surface area contributed by atoms with E-state index < -0.39 is 18.0 Å². The van der Waals surface area contributed by atoms with Crippen molar-refractivity contribution in [1.82, 2.24) is 4.98 Å². The van der Waals surface area contributed by atoms with Crippen LogP contribution in [0.15, 0.2) is 36.5 Å². The molecule has 0 aliphatic heterocycles. The zero-order chi connectivity index (χ0) is 14.0. The number of carbonyl (C=O) groups is 1. The van der Waals surface area contributed by atoms with E-state index in [1.165, 1.54) is 12.3 Å². The zero-order valence-corrected chi connectivity index (χ0v) is 10.0. The average molecular weight is 268 g/mol. The number of benzene rings is 1. The van der Waals surface area contributed by atoms with Gasteiger partial charge in [0.15, 0.2) is 0 Å². The molecular formula is C13H11F3N2O. The first-order valence-corrected chi connectivity index (χ1v) is 5.61. The fraction of sp³-hybridized carbons (Fsp3) is 0.231. The highest BCUT2D eigenvalue weighted by Gasteiger charge is 2.41. The summed E-state index contributed by atoms with van der Waals surface area (Å²) in [6.07, 6.45) is -3.03. The van der Waals surface area contributed by atoms with Gasteiger partial charge in [0, 0.05) is 11.6 Å². The highest BCUT2D eigenvalue weighted by molar-refractivity contribution is 6.01. The predicted octanol–water partition coefficient (Wildman–Crippen LogP) is 3.37. The van der Waals surface area contributed by atoms with Gasteiger partial charge in [-0.3, -0.25) is 9.78 Å². The highest BCUT2D eigenvalue weighted by Crippen LogP contribution is 2.28. The largest absolute Gasteiger partial charge is 0.400 e. The molecular weight excluding hydrogens is 257 g/mol. The van der Waals surface area contributed by atoms with Gasteiger partial charge >= 0.3 is 6.18 Å². The Labute approximate surface area is 107 Å². The first kappa shape index (κ1) is 13.3. The number of nitrogens with one attached hydrogen (secondary N) is 1. The van der Waals surface area contributed by atoms with E-state index in [4.69, 9.17) is 0 Å². The summed E-state index contributed by atoms with van der Waals surface area (Å²) in [7, 11) is 0. The van der Waals surface area contributed by atoms with E-state index in [2.05, 4.69) is 10.3 Å². The Balaban J connectivity index is 2.29. The zero-order valence-electron chi connectivity index (χ0n) is 10.0. The van der Waals surface area contributed by atoms with E-state index in [1.807, 2.05) is 0 Å². The van der Waals surface area contributed by atoms with Gasteiger partial charge in [0.25, 0.3) is 0 Å². The third kappa shape index (κ3) is 2.83. The molecule has 0 saturated carbocycles. The summed E-state index contributed by atoms with van der Waals surface area (Å²) < 4.78 is 37.3. The molecule has 3 nitrogen and oxygen atoms in total. The van der Waals surface area contributed by atoms with E-state index in [0.717, 1.165) is 12.3 Å². The third-order valence-corrected chi connectivity index (χ3v) is 2.77. The van der Waals surface area contributed by atoms with Gasteiger partial charge < -0.3 is 5.32 Å². The molecule has 19 heavy (non-hydrogen) atoms. The molecule has 100 valence electrons. The molecule has 6 heteroatoms. The van der Waals surface area contributed by atoms with Crippen LogP contribution < -0.4 is 5.32 Å². The Morgan fingerprint density at radius 2 is 1.95 bits per heavy atom. The molecule has 0 bridgehead atoms. The van der Waals surface area contributed by atoms with Crippen molar-refractivity contribution in [2.24, 2.45) is 5.92 Å². The maximum atomic E-state index is 12.4.